The zero-order chi connectivity index (χ0) is 22.6. The summed E-state index contributed by atoms with van der Waals surface area (Å²) in [4.78, 5) is 18.5. The summed E-state index contributed by atoms with van der Waals surface area (Å²) in [5, 5.41) is 3.01. The van der Waals surface area contributed by atoms with Crippen molar-refractivity contribution in [1.82, 2.24) is 19.8 Å². The lowest BCUT2D eigenvalue weighted by molar-refractivity contribution is -0.120. The minimum atomic E-state index is 0.0732. The number of hydrogen-bond donors (Lipinski definition) is 1. The molecule has 0 aliphatic heterocycles. The number of imidazole rings is 1. The molecule has 1 N–H and O–H groups in total. The SMILES string of the molecule is Cc1ccc(CCN(C)CCCCNC(=O)C/C=C/c2ccc(-n3ccnc3)cc2)cc1. The van der Waals surface area contributed by atoms with Gasteiger partial charge in [0, 0.05) is 37.6 Å². The molecular weight excluding hydrogens is 396 g/mol. The number of likely N-dealkylation sites (N-methyl/N-ethyl adjacent to an activating group) is 1. The molecule has 0 saturated carbocycles. The minimum absolute atomic E-state index is 0.0732. The van der Waals surface area contributed by atoms with Gasteiger partial charge in [-0.1, -0.05) is 54.1 Å². The molecule has 1 heterocycles. The molecule has 168 valence electrons. The first-order valence-electron chi connectivity index (χ1n) is 11.4. The van der Waals surface area contributed by atoms with E-state index < -0.39 is 0 Å². The van der Waals surface area contributed by atoms with Crippen molar-refractivity contribution in [3.8, 4) is 5.69 Å². The van der Waals surface area contributed by atoms with Gasteiger partial charge in [0.2, 0.25) is 5.91 Å². The van der Waals surface area contributed by atoms with Crippen LogP contribution in [-0.2, 0) is 11.2 Å². The van der Waals surface area contributed by atoms with E-state index in [1.807, 2.05) is 47.2 Å². The van der Waals surface area contributed by atoms with E-state index in [4.69, 9.17) is 0 Å². The van der Waals surface area contributed by atoms with E-state index in [0.29, 0.717) is 6.42 Å². The largest absolute Gasteiger partial charge is 0.356 e. The molecule has 0 unspecified atom stereocenters. The van der Waals surface area contributed by atoms with Gasteiger partial charge in [-0.3, -0.25) is 4.79 Å². The summed E-state index contributed by atoms with van der Waals surface area (Å²) in [6.07, 6.45) is 12.9. The number of carbonyl (C=O) groups excluding carboxylic acids is 1. The first kappa shape index (κ1) is 23.5. The molecular formula is C27H34N4O. The lowest BCUT2D eigenvalue weighted by atomic mass is 10.1. The number of hydrogen-bond acceptors (Lipinski definition) is 3. The summed E-state index contributed by atoms with van der Waals surface area (Å²) in [5.41, 5.74) is 4.84. The molecule has 0 atom stereocenters. The third-order valence-corrected chi connectivity index (χ3v) is 5.50. The number of aromatic nitrogens is 2. The Morgan fingerprint density at radius 3 is 2.56 bits per heavy atom. The Balaban J connectivity index is 1.24. The Morgan fingerprint density at radius 2 is 1.84 bits per heavy atom. The van der Waals surface area contributed by atoms with Gasteiger partial charge in [0.25, 0.3) is 0 Å². The number of aryl methyl sites for hydroxylation is 1. The number of nitrogens with zero attached hydrogens (tertiary/aromatic N) is 3. The van der Waals surface area contributed by atoms with Gasteiger partial charge in [0.1, 0.15) is 0 Å². The van der Waals surface area contributed by atoms with Crippen LogP contribution in [0.1, 0.15) is 36.0 Å². The third kappa shape index (κ3) is 8.16. The van der Waals surface area contributed by atoms with Crippen LogP contribution in [0.4, 0.5) is 0 Å². The van der Waals surface area contributed by atoms with Crippen LogP contribution < -0.4 is 5.32 Å². The molecule has 5 nitrogen and oxygen atoms in total. The molecule has 3 aromatic rings. The molecule has 1 aromatic heterocycles. The van der Waals surface area contributed by atoms with Crippen LogP contribution in [0.2, 0.25) is 0 Å². The number of unbranched alkanes of at least 4 members (excludes halogenated alkanes) is 1. The predicted octanol–water partition coefficient (Wildman–Crippen LogP) is 4.65. The summed E-state index contributed by atoms with van der Waals surface area (Å²) >= 11 is 0. The van der Waals surface area contributed by atoms with Crippen molar-refractivity contribution in [2.24, 2.45) is 0 Å². The van der Waals surface area contributed by atoms with Crippen LogP contribution in [0.3, 0.4) is 0 Å². The smallest absolute Gasteiger partial charge is 0.223 e. The van der Waals surface area contributed by atoms with Gasteiger partial charge in [-0.25, -0.2) is 4.98 Å². The lowest BCUT2D eigenvalue weighted by Crippen LogP contribution is -2.26. The molecule has 0 radical (unpaired) electrons. The van der Waals surface area contributed by atoms with Gasteiger partial charge >= 0.3 is 0 Å². The maximum atomic E-state index is 12.0. The van der Waals surface area contributed by atoms with E-state index in [2.05, 4.69) is 53.4 Å². The van der Waals surface area contributed by atoms with E-state index in [0.717, 1.165) is 50.1 Å². The Kier molecular flexibility index (Phi) is 9.26. The van der Waals surface area contributed by atoms with Crippen LogP contribution in [-0.4, -0.2) is 47.0 Å². The molecule has 0 saturated heterocycles. The fraction of sp³-hybridized carbons (Fsp3) is 0.333. The highest BCUT2D eigenvalue weighted by Gasteiger charge is 2.01. The van der Waals surface area contributed by atoms with E-state index in [1.54, 1.807) is 12.5 Å². The maximum Gasteiger partial charge on any atom is 0.223 e. The molecule has 0 spiro atoms. The Labute approximate surface area is 191 Å². The van der Waals surface area contributed by atoms with Crippen LogP contribution in [0.15, 0.2) is 73.3 Å². The van der Waals surface area contributed by atoms with Gasteiger partial charge in [0.05, 0.1) is 6.33 Å². The molecule has 0 bridgehead atoms. The second-order valence-electron chi connectivity index (χ2n) is 8.26. The first-order valence-corrected chi connectivity index (χ1v) is 11.4. The standard InChI is InChI=1S/C27H34N4O/c1-23-8-10-25(11-9-23)16-20-30(2)19-4-3-17-29-27(32)7-5-6-24-12-14-26(15-13-24)31-21-18-28-22-31/h5-6,8-15,18,21-22H,3-4,7,16-17,19-20H2,1-2H3,(H,29,32)/b6-5+. The average Bonchev–Trinajstić information content (AvgIpc) is 3.34. The molecule has 0 aliphatic carbocycles. The summed E-state index contributed by atoms with van der Waals surface area (Å²) in [6.45, 7) is 4.96. The average molecular weight is 431 g/mol. The Hall–Kier alpha value is -3.18. The topological polar surface area (TPSA) is 50.2 Å². The van der Waals surface area contributed by atoms with Gasteiger partial charge in [-0.15, -0.1) is 0 Å². The van der Waals surface area contributed by atoms with Crippen LogP contribution in [0.25, 0.3) is 11.8 Å². The van der Waals surface area contributed by atoms with Crippen molar-refractivity contribution in [3.05, 3.63) is 90.0 Å². The highest BCUT2D eigenvalue weighted by Crippen LogP contribution is 2.11. The maximum absolute atomic E-state index is 12.0. The molecule has 1 amide bonds. The van der Waals surface area contributed by atoms with E-state index in [9.17, 15) is 4.79 Å². The fourth-order valence-corrected chi connectivity index (χ4v) is 3.46. The quantitative estimate of drug-likeness (QED) is 0.425. The first-order chi connectivity index (χ1) is 15.6. The number of carbonyl (C=O) groups is 1. The van der Waals surface area contributed by atoms with E-state index in [1.165, 1.54) is 11.1 Å². The van der Waals surface area contributed by atoms with Crippen LogP contribution >= 0.6 is 0 Å². The number of amides is 1. The fourth-order valence-electron chi connectivity index (χ4n) is 3.46. The molecule has 5 heteroatoms. The van der Waals surface area contributed by atoms with Crippen LogP contribution in [0, 0.1) is 6.92 Å². The van der Waals surface area contributed by atoms with Crippen molar-refractivity contribution < 1.29 is 4.79 Å². The number of nitrogens with one attached hydrogen (secondary N) is 1. The summed E-state index contributed by atoms with van der Waals surface area (Å²) in [7, 11) is 2.17. The van der Waals surface area contributed by atoms with Crippen molar-refractivity contribution in [2.45, 2.75) is 32.6 Å². The minimum Gasteiger partial charge on any atom is -0.356 e. The van der Waals surface area contributed by atoms with Gasteiger partial charge < -0.3 is 14.8 Å². The second-order valence-corrected chi connectivity index (χ2v) is 8.26. The summed E-state index contributed by atoms with van der Waals surface area (Å²) in [5.74, 6) is 0.0732. The molecule has 0 fully saturated rings. The normalized spacial score (nSPS) is 11.3. The van der Waals surface area contributed by atoms with E-state index >= 15 is 0 Å². The van der Waals surface area contributed by atoms with Crippen molar-refractivity contribution in [1.29, 1.82) is 0 Å². The monoisotopic (exact) mass is 430 g/mol. The number of rotatable bonds is 12. The highest BCUT2D eigenvalue weighted by molar-refractivity contribution is 5.78. The predicted molar refractivity (Wildman–Crippen MR) is 132 cm³/mol. The third-order valence-electron chi connectivity index (χ3n) is 5.50. The van der Waals surface area contributed by atoms with Crippen molar-refractivity contribution in [2.75, 3.05) is 26.7 Å². The van der Waals surface area contributed by atoms with Gasteiger partial charge in [0.15, 0.2) is 0 Å². The highest BCUT2D eigenvalue weighted by atomic mass is 16.1. The van der Waals surface area contributed by atoms with Crippen LogP contribution in [0.5, 0.6) is 0 Å². The Morgan fingerprint density at radius 1 is 1.06 bits per heavy atom. The molecule has 2 aromatic carbocycles. The molecule has 3 rings (SSSR count). The second kappa shape index (κ2) is 12.6. The lowest BCUT2D eigenvalue weighted by Gasteiger charge is -2.16. The number of benzene rings is 2. The molecule has 32 heavy (non-hydrogen) atoms. The van der Waals surface area contributed by atoms with E-state index in [-0.39, 0.29) is 5.91 Å². The zero-order valence-corrected chi connectivity index (χ0v) is 19.2. The van der Waals surface area contributed by atoms with Crippen molar-refractivity contribution in [3.63, 3.8) is 0 Å². The molecule has 0 aliphatic rings. The summed E-state index contributed by atoms with van der Waals surface area (Å²) < 4.78 is 1.96. The zero-order valence-electron chi connectivity index (χ0n) is 19.2. The Bertz CT molecular complexity index is 960. The van der Waals surface area contributed by atoms with Gasteiger partial charge in [-0.2, -0.15) is 0 Å². The van der Waals surface area contributed by atoms with Crippen molar-refractivity contribution >= 4 is 12.0 Å². The van der Waals surface area contributed by atoms with Gasteiger partial charge in [-0.05, 0) is 63.0 Å². The summed E-state index contributed by atoms with van der Waals surface area (Å²) in [6, 6.07) is 16.9.